The van der Waals surface area contributed by atoms with Crippen LogP contribution in [0.5, 0.6) is 0 Å². The molecule has 1 atom stereocenters. The Kier molecular flexibility index (Phi) is 4.66. The van der Waals surface area contributed by atoms with Crippen LogP contribution in [0.2, 0.25) is 10.0 Å². The Morgan fingerprint density at radius 2 is 2.23 bits per heavy atom. The Morgan fingerprint density at radius 1 is 1.36 bits per heavy atom. The zero-order chi connectivity index (χ0) is 15.5. The van der Waals surface area contributed by atoms with E-state index in [4.69, 9.17) is 27.9 Å². The van der Waals surface area contributed by atoms with Gasteiger partial charge >= 0.3 is 0 Å². The van der Waals surface area contributed by atoms with E-state index in [2.05, 4.69) is 15.5 Å². The highest BCUT2D eigenvalue weighted by Crippen LogP contribution is 2.27. The fourth-order valence-corrected chi connectivity index (χ4v) is 2.65. The van der Waals surface area contributed by atoms with Gasteiger partial charge in [-0.3, -0.25) is 9.89 Å². The van der Waals surface area contributed by atoms with E-state index in [-0.39, 0.29) is 12.0 Å². The standard InChI is InChI=1S/C15H15Cl2N3O2/c16-11-4-3-9(6-12(11)17)13-7-14(20-19-13)15(21)18-8-10-2-1-5-22-10/h3-4,6-7,10H,1-2,5,8H2,(H,18,21)(H,19,20). The average molecular weight is 340 g/mol. The molecule has 1 aliphatic heterocycles. The predicted molar refractivity (Wildman–Crippen MR) is 85.4 cm³/mol. The first-order valence-corrected chi connectivity index (χ1v) is 7.80. The van der Waals surface area contributed by atoms with Gasteiger partial charge in [0.25, 0.3) is 5.91 Å². The number of hydrogen-bond acceptors (Lipinski definition) is 3. The molecule has 1 fully saturated rings. The third kappa shape index (κ3) is 3.43. The molecule has 0 spiro atoms. The normalized spacial score (nSPS) is 17.6. The van der Waals surface area contributed by atoms with Gasteiger partial charge in [0.1, 0.15) is 5.69 Å². The zero-order valence-electron chi connectivity index (χ0n) is 11.7. The van der Waals surface area contributed by atoms with E-state index in [1.54, 1.807) is 24.3 Å². The number of hydrogen-bond donors (Lipinski definition) is 2. The maximum absolute atomic E-state index is 12.1. The summed E-state index contributed by atoms with van der Waals surface area (Å²) in [6.07, 6.45) is 2.14. The van der Waals surface area contributed by atoms with Crippen LogP contribution in [0.15, 0.2) is 24.3 Å². The highest BCUT2D eigenvalue weighted by Gasteiger charge is 2.18. The number of carbonyl (C=O) groups excluding carboxylic acids is 1. The van der Waals surface area contributed by atoms with Gasteiger partial charge in [-0.15, -0.1) is 0 Å². The molecule has 5 nitrogen and oxygen atoms in total. The monoisotopic (exact) mass is 339 g/mol. The predicted octanol–water partition coefficient (Wildman–Crippen LogP) is 3.29. The van der Waals surface area contributed by atoms with Crippen molar-refractivity contribution < 1.29 is 9.53 Å². The summed E-state index contributed by atoms with van der Waals surface area (Å²) >= 11 is 11.9. The van der Waals surface area contributed by atoms with Crippen molar-refractivity contribution in [3.05, 3.63) is 40.0 Å². The molecule has 2 aromatic rings. The van der Waals surface area contributed by atoms with E-state index in [0.29, 0.717) is 28.0 Å². The molecule has 0 saturated carbocycles. The molecule has 0 bridgehead atoms. The molecule has 22 heavy (non-hydrogen) atoms. The van der Waals surface area contributed by atoms with E-state index in [0.717, 1.165) is 25.0 Å². The molecule has 1 aliphatic rings. The lowest BCUT2D eigenvalue weighted by molar-refractivity contribution is 0.0853. The number of nitrogens with one attached hydrogen (secondary N) is 2. The summed E-state index contributed by atoms with van der Waals surface area (Å²) in [5, 5.41) is 10.7. The second kappa shape index (κ2) is 6.69. The van der Waals surface area contributed by atoms with Crippen LogP contribution in [0.1, 0.15) is 23.3 Å². The molecule has 116 valence electrons. The molecule has 3 rings (SSSR count). The van der Waals surface area contributed by atoms with E-state index < -0.39 is 0 Å². The maximum Gasteiger partial charge on any atom is 0.269 e. The van der Waals surface area contributed by atoms with E-state index in [9.17, 15) is 4.79 Å². The highest BCUT2D eigenvalue weighted by atomic mass is 35.5. The van der Waals surface area contributed by atoms with Crippen molar-refractivity contribution >= 4 is 29.1 Å². The van der Waals surface area contributed by atoms with Crippen LogP contribution in [-0.2, 0) is 4.74 Å². The molecule has 1 aromatic heterocycles. The third-order valence-corrected chi connectivity index (χ3v) is 4.29. The molecule has 1 aromatic carbocycles. The zero-order valence-corrected chi connectivity index (χ0v) is 13.2. The second-order valence-corrected chi connectivity index (χ2v) is 5.96. The summed E-state index contributed by atoms with van der Waals surface area (Å²) in [7, 11) is 0. The van der Waals surface area contributed by atoms with Gasteiger partial charge in [0.15, 0.2) is 0 Å². The minimum Gasteiger partial charge on any atom is -0.376 e. The fourth-order valence-electron chi connectivity index (χ4n) is 2.35. The molecular weight excluding hydrogens is 325 g/mol. The number of nitrogens with zero attached hydrogens (tertiary/aromatic N) is 1. The lowest BCUT2D eigenvalue weighted by atomic mass is 10.1. The SMILES string of the molecule is O=C(NCC1CCCO1)c1cc(-c2ccc(Cl)c(Cl)c2)n[nH]1. The van der Waals surface area contributed by atoms with Gasteiger partial charge in [0.2, 0.25) is 0 Å². The van der Waals surface area contributed by atoms with Crippen LogP contribution in [0.25, 0.3) is 11.3 Å². The number of carbonyl (C=O) groups is 1. The molecule has 0 radical (unpaired) electrons. The minimum atomic E-state index is -0.200. The van der Waals surface area contributed by atoms with Crippen molar-refractivity contribution in [3.8, 4) is 11.3 Å². The van der Waals surface area contributed by atoms with Crippen molar-refractivity contribution in [1.29, 1.82) is 0 Å². The van der Waals surface area contributed by atoms with Crippen LogP contribution in [0.4, 0.5) is 0 Å². The average Bonchev–Trinajstić information content (AvgIpc) is 3.18. The van der Waals surface area contributed by atoms with Gasteiger partial charge in [0.05, 0.1) is 21.8 Å². The van der Waals surface area contributed by atoms with Gasteiger partial charge in [-0.2, -0.15) is 5.10 Å². The molecular formula is C15H15Cl2N3O2. The summed E-state index contributed by atoms with van der Waals surface area (Å²) in [4.78, 5) is 12.1. The Labute approximate surface area is 138 Å². The van der Waals surface area contributed by atoms with Crippen molar-refractivity contribution in [3.63, 3.8) is 0 Å². The summed E-state index contributed by atoms with van der Waals surface area (Å²) in [6, 6.07) is 6.90. The summed E-state index contributed by atoms with van der Waals surface area (Å²) in [5.41, 5.74) is 1.84. The van der Waals surface area contributed by atoms with Gasteiger partial charge in [0, 0.05) is 18.7 Å². The topological polar surface area (TPSA) is 67.0 Å². The molecule has 2 heterocycles. The number of ether oxygens (including phenoxy) is 1. The first-order chi connectivity index (χ1) is 10.6. The van der Waals surface area contributed by atoms with Crippen LogP contribution in [0.3, 0.4) is 0 Å². The van der Waals surface area contributed by atoms with Crippen LogP contribution < -0.4 is 5.32 Å². The lowest BCUT2D eigenvalue weighted by Gasteiger charge is -2.09. The van der Waals surface area contributed by atoms with Crippen LogP contribution >= 0.6 is 23.2 Å². The maximum atomic E-state index is 12.1. The summed E-state index contributed by atoms with van der Waals surface area (Å²) < 4.78 is 5.47. The van der Waals surface area contributed by atoms with Gasteiger partial charge in [-0.1, -0.05) is 29.3 Å². The largest absolute Gasteiger partial charge is 0.376 e. The third-order valence-electron chi connectivity index (χ3n) is 3.55. The molecule has 2 N–H and O–H groups in total. The smallest absolute Gasteiger partial charge is 0.269 e. The second-order valence-electron chi connectivity index (χ2n) is 5.14. The summed E-state index contributed by atoms with van der Waals surface area (Å²) in [6.45, 7) is 1.28. The Bertz CT molecular complexity index is 681. The Balaban J connectivity index is 1.67. The van der Waals surface area contributed by atoms with Crippen LogP contribution in [0, 0.1) is 0 Å². The van der Waals surface area contributed by atoms with E-state index in [1.807, 2.05) is 0 Å². The first kappa shape index (κ1) is 15.3. The van der Waals surface area contributed by atoms with Gasteiger partial charge in [-0.05, 0) is 31.0 Å². The van der Waals surface area contributed by atoms with Crippen molar-refractivity contribution in [2.45, 2.75) is 18.9 Å². The number of aromatic amines is 1. The number of benzene rings is 1. The minimum absolute atomic E-state index is 0.112. The highest BCUT2D eigenvalue weighted by molar-refractivity contribution is 6.42. The lowest BCUT2D eigenvalue weighted by Crippen LogP contribution is -2.31. The number of aromatic nitrogens is 2. The van der Waals surface area contributed by atoms with E-state index >= 15 is 0 Å². The quantitative estimate of drug-likeness (QED) is 0.898. The van der Waals surface area contributed by atoms with Crippen molar-refractivity contribution in [2.24, 2.45) is 0 Å². The molecule has 1 unspecified atom stereocenters. The van der Waals surface area contributed by atoms with Crippen LogP contribution in [-0.4, -0.2) is 35.4 Å². The van der Waals surface area contributed by atoms with Gasteiger partial charge in [-0.25, -0.2) is 0 Å². The Hall–Kier alpha value is -1.56. The molecule has 0 aliphatic carbocycles. The fraction of sp³-hybridized carbons (Fsp3) is 0.333. The molecule has 7 heteroatoms. The van der Waals surface area contributed by atoms with Crippen molar-refractivity contribution in [1.82, 2.24) is 15.5 Å². The first-order valence-electron chi connectivity index (χ1n) is 7.04. The summed E-state index contributed by atoms with van der Waals surface area (Å²) in [5.74, 6) is -0.200. The number of H-pyrrole nitrogens is 1. The number of halogens is 2. The van der Waals surface area contributed by atoms with E-state index in [1.165, 1.54) is 0 Å². The molecule has 1 amide bonds. The Morgan fingerprint density at radius 3 is 2.95 bits per heavy atom. The van der Waals surface area contributed by atoms with Gasteiger partial charge < -0.3 is 10.1 Å². The van der Waals surface area contributed by atoms with Crippen molar-refractivity contribution in [2.75, 3.05) is 13.2 Å². The number of amides is 1. The molecule has 1 saturated heterocycles. The number of rotatable bonds is 4.